The molecule has 4 rings (SSSR count). The van der Waals surface area contributed by atoms with Gasteiger partial charge in [-0.05, 0) is 67.6 Å². The lowest BCUT2D eigenvalue weighted by molar-refractivity contribution is -0.124. The number of benzene rings is 2. The van der Waals surface area contributed by atoms with Crippen LogP contribution in [-0.2, 0) is 14.9 Å². The van der Waals surface area contributed by atoms with Crippen molar-refractivity contribution in [3.8, 4) is 0 Å². The largest absolute Gasteiger partial charge is 0.376 e. The van der Waals surface area contributed by atoms with E-state index in [9.17, 15) is 9.59 Å². The summed E-state index contributed by atoms with van der Waals surface area (Å²) in [4.78, 5) is 25.1. The van der Waals surface area contributed by atoms with Crippen LogP contribution < -0.4 is 10.6 Å². The number of amides is 2. The molecule has 0 radical (unpaired) electrons. The molecule has 28 heavy (non-hydrogen) atoms. The molecule has 1 aliphatic heterocycles. The molecular formula is C22H23BrN2O3. The van der Waals surface area contributed by atoms with Gasteiger partial charge in [0.15, 0.2) is 0 Å². The minimum Gasteiger partial charge on any atom is -0.376 e. The number of carbonyl (C=O) groups excluding carboxylic acids is 2. The minimum absolute atomic E-state index is 0.0784. The van der Waals surface area contributed by atoms with Gasteiger partial charge in [0.1, 0.15) is 0 Å². The van der Waals surface area contributed by atoms with Crippen LogP contribution in [0.25, 0.3) is 0 Å². The van der Waals surface area contributed by atoms with Crippen molar-refractivity contribution in [1.29, 1.82) is 0 Å². The number of carbonyl (C=O) groups is 2. The van der Waals surface area contributed by atoms with Crippen molar-refractivity contribution >= 4 is 33.4 Å². The summed E-state index contributed by atoms with van der Waals surface area (Å²) >= 11 is 3.36. The Morgan fingerprint density at radius 1 is 1.07 bits per heavy atom. The van der Waals surface area contributed by atoms with Crippen LogP contribution in [0.5, 0.6) is 0 Å². The molecule has 1 heterocycles. The van der Waals surface area contributed by atoms with Gasteiger partial charge in [-0.3, -0.25) is 9.59 Å². The van der Waals surface area contributed by atoms with E-state index in [1.54, 1.807) is 12.1 Å². The summed E-state index contributed by atoms with van der Waals surface area (Å²) in [7, 11) is 0. The van der Waals surface area contributed by atoms with Gasteiger partial charge in [0, 0.05) is 28.9 Å². The van der Waals surface area contributed by atoms with Gasteiger partial charge in [0.2, 0.25) is 5.91 Å². The van der Waals surface area contributed by atoms with Crippen molar-refractivity contribution in [2.75, 3.05) is 18.5 Å². The van der Waals surface area contributed by atoms with Gasteiger partial charge in [0.25, 0.3) is 5.91 Å². The molecule has 2 N–H and O–H groups in total. The van der Waals surface area contributed by atoms with Crippen LogP contribution in [-0.4, -0.2) is 31.1 Å². The molecule has 146 valence electrons. The second kappa shape index (κ2) is 8.05. The van der Waals surface area contributed by atoms with Crippen LogP contribution in [0.1, 0.15) is 41.6 Å². The fraction of sp³-hybridized carbons (Fsp3) is 0.364. The van der Waals surface area contributed by atoms with Gasteiger partial charge in [-0.25, -0.2) is 0 Å². The maximum absolute atomic E-state index is 12.7. The molecule has 1 saturated heterocycles. The predicted molar refractivity (Wildman–Crippen MR) is 111 cm³/mol. The first-order chi connectivity index (χ1) is 13.6. The molecule has 0 bridgehead atoms. The van der Waals surface area contributed by atoms with Crippen LogP contribution in [0.4, 0.5) is 5.69 Å². The number of halogens is 1. The number of hydrogen-bond acceptors (Lipinski definition) is 3. The number of hydrogen-bond donors (Lipinski definition) is 2. The molecule has 1 saturated carbocycles. The first kappa shape index (κ1) is 19.2. The Kier molecular flexibility index (Phi) is 5.51. The Hall–Kier alpha value is -2.18. The van der Waals surface area contributed by atoms with E-state index in [1.807, 2.05) is 36.4 Å². The highest BCUT2D eigenvalue weighted by Crippen LogP contribution is 2.48. The summed E-state index contributed by atoms with van der Waals surface area (Å²) in [5.41, 5.74) is 1.89. The van der Waals surface area contributed by atoms with Gasteiger partial charge in [0.05, 0.1) is 11.5 Å². The van der Waals surface area contributed by atoms with E-state index in [0.717, 1.165) is 42.3 Å². The zero-order valence-corrected chi connectivity index (χ0v) is 17.1. The maximum atomic E-state index is 12.7. The standard InChI is InChI=1S/C22H23BrN2O3/c23-17-7-3-15(4-8-17)20(26)25-18-9-5-16(6-10-18)22(11-12-22)21(27)24-14-19-2-1-13-28-19/h3-10,19H,1-2,11-14H2,(H,24,27)(H,25,26). The van der Waals surface area contributed by atoms with Crippen LogP contribution in [0.15, 0.2) is 53.0 Å². The average molecular weight is 443 g/mol. The fourth-order valence-electron chi connectivity index (χ4n) is 3.63. The lowest BCUT2D eigenvalue weighted by Crippen LogP contribution is -2.39. The smallest absolute Gasteiger partial charge is 0.255 e. The SMILES string of the molecule is O=C(Nc1ccc(C2(C(=O)NCC3CCCO3)CC2)cc1)c1ccc(Br)cc1. The maximum Gasteiger partial charge on any atom is 0.255 e. The fourth-order valence-corrected chi connectivity index (χ4v) is 3.89. The highest BCUT2D eigenvalue weighted by molar-refractivity contribution is 9.10. The number of ether oxygens (including phenoxy) is 1. The zero-order valence-electron chi connectivity index (χ0n) is 15.5. The number of rotatable bonds is 6. The lowest BCUT2D eigenvalue weighted by atomic mass is 9.94. The molecule has 2 fully saturated rings. The van der Waals surface area contributed by atoms with Crippen LogP contribution in [0.3, 0.4) is 0 Å². The molecule has 5 nitrogen and oxygen atoms in total. The highest BCUT2D eigenvalue weighted by atomic mass is 79.9. The summed E-state index contributed by atoms with van der Waals surface area (Å²) < 4.78 is 6.51. The molecule has 6 heteroatoms. The van der Waals surface area contributed by atoms with Gasteiger partial charge >= 0.3 is 0 Å². The molecule has 2 aliphatic rings. The minimum atomic E-state index is -0.424. The first-order valence-electron chi connectivity index (χ1n) is 9.64. The molecule has 1 aliphatic carbocycles. The Bertz CT molecular complexity index is 854. The second-order valence-corrected chi connectivity index (χ2v) is 8.38. The summed E-state index contributed by atoms with van der Waals surface area (Å²) in [5.74, 6) is -0.0784. The second-order valence-electron chi connectivity index (χ2n) is 7.47. The molecule has 1 atom stereocenters. The molecule has 2 amide bonds. The number of nitrogens with one attached hydrogen (secondary N) is 2. The van der Waals surface area contributed by atoms with E-state index in [-0.39, 0.29) is 17.9 Å². The Morgan fingerprint density at radius 3 is 2.39 bits per heavy atom. The first-order valence-corrected chi connectivity index (χ1v) is 10.4. The third kappa shape index (κ3) is 4.13. The van der Waals surface area contributed by atoms with Crippen molar-refractivity contribution in [2.45, 2.75) is 37.2 Å². The third-order valence-electron chi connectivity index (χ3n) is 5.50. The van der Waals surface area contributed by atoms with Crippen molar-refractivity contribution in [3.05, 3.63) is 64.1 Å². The topological polar surface area (TPSA) is 67.4 Å². The van der Waals surface area contributed by atoms with E-state index < -0.39 is 5.41 Å². The molecule has 0 aromatic heterocycles. The average Bonchev–Trinajstić information content (AvgIpc) is 3.35. The summed E-state index contributed by atoms with van der Waals surface area (Å²) in [6, 6.07) is 14.8. The number of anilines is 1. The summed E-state index contributed by atoms with van der Waals surface area (Å²) in [6.45, 7) is 1.38. The van der Waals surface area contributed by atoms with Gasteiger partial charge in [-0.15, -0.1) is 0 Å². The third-order valence-corrected chi connectivity index (χ3v) is 6.03. The van der Waals surface area contributed by atoms with Crippen molar-refractivity contribution in [2.24, 2.45) is 0 Å². The zero-order chi connectivity index (χ0) is 19.6. The van der Waals surface area contributed by atoms with Gasteiger partial charge < -0.3 is 15.4 Å². The van der Waals surface area contributed by atoms with Crippen LogP contribution in [0.2, 0.25) is 0 Å². The molecule has 2 aromatic carbocycles. The van der Waals surface area contributed by atoms with Crippen molar-refractivity contribution in [3.63, 3.8) is 0 Å². The van der Waals surface area contributed by atoms with Crippen LogP contribution >= 0.6 is 15.9 Å². The molecular weight excluding hydrogens is 420 g/mol. The monoisotopic (exact) mass is 442 g/mol. The molecule has 0 spiro atoms. The van der Waals surface area contributed by atoms with Gasteiger partial charge in [-0.1, -0.05) is 28.1 Å². The van der Waals surface area contributed by atoms with E-state index >= 15 is 0 Å². The van der Waals surface area contributed by atoms with E-state index in [2.05, 4.69) is 26.6 Å². The Balaban J connectivity index is 1.37. The summed E-state index contributed by atoms with van der Waals surface area (Å²) in [6.07, 6.45) is 3.94. The lowest BCUT2D eigenvalue weighted by Gasteiger charge is -2.18. The summed E-state index contributed by atoms with van der Waals surface area (Å²) in [5, 5.41) is 5.96. The van der Waals surface area contributed by atoms with Gasteiger partial charge in [-0.2, -0.15) is 0 Å². The van der Waals surface area contributed by atoms with Crippen molar-refractivity contribution in [1.82, 2.24) is 5.32 Å². The highest BCUT2D eigenvalue weighted by Gasteiger charge is 2.51. The van der Waals surface area contributed by atoms with E-state index in [0.29, 0.717) is 17.8 Å². The molecule has 2 aromatic rings. The predicted octanol–water partition coefficient (Wildman–Crippen LogP) is 4.03. The van der Waals surface area contributed by atoms with E-state index in [4.69, 9.17) is 4.74 Å². The van der Waals surface area contributed by atoms with Crippen molar-refractivity contribution < 1.29 is 14.3 Å². The van der Waals surface area contributed by atoms with Crippen LogP contribution in [0, 0.1) is 0 Å². The van der Waals surface area contributed by atoms with E-state index in [1.165, 1.54) is 0 Å². The quantitative estimate of drug-likeness (QED) is 0.709. The Morgan fingerprint density at radius 2 is 1.79 bits per heavy atom. The normalized spacial score (nSPS) is 19.8. The molecule has 1 unspecified atom stereocenters. The Labute approximate surface area is 173 Å².